The van der Waals surface area contributed by atoms with E-state index >= 15 is 0 Å². The van der Waals surface area contributed by atoms with Crippen LogP contribution in [0.25, 0.3) is 0 Å². The van der Waals surface area contributed by atoms with Crippen molar-refractivity contribution in [2.75, 3.05) is 46.4 Å². The average Bonchev–Trinajstić information content (AvgIpc) is 2.60. The van der Waals surface area contributed by atoms with Crippen molar-refractivity contribution in [1.29, 1.82) is 0 Å². The normalized spacial score (nSPS) is 23.2. The molecule has 2 aliphatic heterocycles. The third kappa shape index (κ3) is 5.07. The van der Waals surface area contributed by atoms with Crippen LogP contribution in [0.2, 0.25) is 0 Å². The fourth-order valence-electron chi connectivity index (χ4n) is 3.71. The SMILES string of the molecule is CCCNC(=O)C1CCCN(C(=O)C2(COC)CCNCC2)C1.Cl. The summed E-state index contributed by atoms with van der Waals surface area (Å²) in [5, 5.41) is 6.28. The molecule has 0 aliphatic carbocycles. The molecule has 2 heterocycles. The highest BCUT2D eigenvalue weighted by Crippen LogP contribution is 2.33. The number of carbonyl (C=O) groups excluding carboxylic acids is 2. The topological polar surface area (TPSA) is 70.7 Å². The Morgan fingerprint density at radius 1 is 1.33 bits per heavy atom. The standard InChI is InChI=1S/C17H31N3O3.ClH/c1-3-8-19-15(21)14-5-4-11-20(12-14)16(22)17(13-23-2)6-9-18-10-7-17;/h14,18H,3-13H2,1-2H3,(H,19,21);1H. The smallest absolute Gasteiger partial charge is 0.231 e. The van der Waals surface area contributed by atoms with Crippen LogP contribution in [0.15, 0.2) is 0 Å². The molecule has 0 aromatic carbocycles. The van der Waals surface area contributed by atoms with Crippen LogP contribution in [0.3, 0.4) is 0 Å². The molecule has 0 aromatic heterocycles. The zero-order chi connectivity index (χ0) is 16.7. The first-order valence-electron chi connectivity index (χ1n) is 8.89. The van der Waals surface area contributed by atoms with Gasteiger partial charge in [0.05, 0.1) is 17.9 Å². The number of likely N-dealkylation sites (tertiary alicyclic amines) is 1. The van der Waals surface area contributed by atoms with Gasteiger partial charge in [0.1, 0.15) is 0 Å². The summed E-state index contributed by atoms with van der Waals surface area (Å²) in [6.45, 7) is 6.23. The number of halogens is 1. The molecule has 0 radical (unpaired) electrons. The second kappa shape index (κ2) is 10.2. The van der Waals surface area contributed by atoms with E-state index in [9.17, 15) is 9.59 Å². The average molecular weight is 362 g/mol. The minimum Gasteiger partial charge on any atom is -0.384 e. The number of amides is 2. The molecule has 7 heteroatoms. The van der Waals surface area contributed by atoms with Gasteiger partial charge in [0.25, 0.3) is 0 Å². The second-order valence-electron chi connectivity index (χ2n) is 6.84. The number of nitrogens with zero attached hydrogens (tertiary/aromatic N) is 1. The van der Waals surface area contributed by atoms with E-state index in [1.807, 2.05) is 11.8 Å². The first-order valence-corrected chi connectivity index (χ1v) is 8.89. The lowest BCUT2D eigenvalue weighted by molar-refractivity contribution is -0.150. The summed E-state index contributed by atoms with van der Waals surface area (Å²) in [5.74, 6) is 0.199. The quantitative estimate of drug-likeness (QED) is 0.745. The van der Waals surface area contributed by atoms with E-state index in [0.717, 1.165) is 51.7 Å². The molecule has 2 amide bonds. The molecule has 6 nitrogen and oxygen atoms in total. The third-order valence-corrected chi connectivity index (χ3v) is 5.06. The maximum Gasteiger partial charge on any atom is 0.231 e. The Bertz CT molecular complexity index is 408. The van der Waals surface area contributed by atoms with Crippen molar-refractivity contribution in [3.63, 3.8) is 0 Å². The lowest BCUT2D eigenvalue weighted by Gasteiger charge is -2.42. The van der Waals surface area contributed by atoms with Gasteiger partial charge in [-0.25, -0.2) is 0 Å². The summed E-state index contributed by atoms with van der Waals surface area (Å²) in [7, 11) is 1.66. The number of methoxy groups -OCH3 is 1. The maximum atomic E-state index is 13.1. The fourth-order valence-corrected chi connectivity index (χ4v) is 3.71. The highest BCUT2D eigenvalue weighted by Gasteiger charge is 2.43. The van der Waals surface area contributed by atoms with Gasteiger partial charge >= 0.3 is 0 Å². The van der Waals surface area contributed by atoms with Crippen LogP contribution in [0.5, 0.6) is 0 Å². The Morgan fingerprint density at radius 2 is 2.04 bits per heavy atom. The van der Waals surface area contributed by atoms with E-state index in [4.69, 9.17) is 4.74 Å². The van der Waals surface area contributed by atoms with Crippen LogP contribution in [0.4, 0.5) is 0 Å². The van der Waals surface area contributed by atoms with Gasteiger partial charge in [-0.05, 0) is 45.2 Å². The summed E-state index contributed by atoms with van der Waals surface area (Å²) >= 11 is 0. The molecule has 1 unspecified atom stereocenters. The van der Waals surface area contributed by atoms with E-state index in [1.165, 1.54) is 0 Å². The molecule has 2 saturated heterocycles. The van der Waals surface area contributed by atoms with Crippen LogP contribution in [0, 0.1) is 11.3 Å². The zero-order valence-electron chi connectivity index (χ0n) is 14.9. The summed E-state index contributed by atoms with van der Waals surface area (Å²) in [6.07, 6.45) is 4.33. The van der Waals surface area contributed by atoms with E-state index in [0.29, 0.717) is 19.7 Å². The predicted octanol–water partition coefficient (Wildman–Crippen LogP) is 1.19. The molecule has 24 heavy (non-hydrogen) atoms. The van der Waals surface area contributed by atoms with E-state index in [-0.39, 0.29) is 30.1 Å². The third-order valence-electron chi connectivity index (χ3n) is 5.06. The van der Waals surface area contributed by atoms with Crippen LogP contribution in [-0.4, -0.2) is 63.2 Å². The summed E-state index contributed by atoms with van der Waals surface area (Å²) in [4.78, 5) is 27.3. The van der Waals surface area contributed by atoms with Crippen LogP contribution in [0.1, 0.15) is 39.0 Å². The molecule has 2 N–H and O–H groups in total. The summed E-state index contributed by atoms with van der Waals surface area (Å²) < 4.78 is 5.37. The van der Waals surface area contributed by atoms with Gasteiger partial charge in [0.15, 0.2) is 0 Å². The Labute approximate surface area is 151 Å². The summed E-state index contributed by atoms with van der Waals surface area (Å²) in [5.41, 5.74) is -0.415. The minimum atomic E-state index is -0.415. The van der Waals surface area contributed by atoms with Crippen LogP contribution >= 0.6 is 12.4 Å². The molecule has 0 bridgehead atoms. The number of hydrogen-bond acceptors (Lipinski definition) is 4. The van der Waals surface area contributed by atoms with E-state index < -0.39 is 5.41 Å². The van der Waals surface area contributed by atoms with Crippen LogP contribution in [-0.2, 0) is 14.3 Å². The minimum absolute atomic E-state index is 0. The number of piperidine rings is 2. The number of ether oxygens (including phenoxy) is 1. The molecule has 1 atom stereocenters. The molecular weight excluding hydrogens is 330 g/mol. The Balaban J connectivity index is 0.00000288. The van der Waals surface area contributed by atoms with Gasteiger partial charge in [-0.3, -0.25) is 9.59 Å². The molecule has 0 saturated carbocycles. The molecular formula is C17H32ClN3O3. The number of carbonyl (C=O) groups is 2. The number of rotatable bonds is 6. The molecule has 140 valence electrons. The first-order chi connectivity index (χ1) is 11.1. The van der Waals surface area contributed by atoms with Gasteiger partial charge in [0, 0.05) is 26.7 Å². The highest BCUT2D eigenvalue weighted by atomic mass is 35.5. The van der Waals surface area contributed by atoms with Crippen molar-refractivity contribution in [2.45, 2.75) is 39.0 Å². The number of nitrogens with one attached hydrogen (secondary N) is 2. The molecule has 2 fully saturated rings. The summed E-state index contributed by atoms with van der Waals surface area (Å²) in [6, 6.07) is 0. The highest BCUT2D eigenvalue weighted by molar-refractivity contribution is 5.85. The monoisotopic (exact) mass is 361 g/mol. The van der Waals surface area contributed by atoms with Crippen molar-refractivity contribution in [3.8, 4) is 0 Å². The van der Waals surface area contributed by atoms with Crippen molar-refractivity contribution in [3.05, 3.63) is 0 Å². The van der Waals surface area contributed by atoms with Crippen molar-refractivity contribution in [2.24, 2.45) is 11.3 Å². The van der Waals surface area contributed by atoms with Crippen molar-refractivity contribution in [1.82, 2.24) is 15.5 Å². The molecule has 2 rings (SSSR count). The lowest BCUT2D eigenvalue weighted by Crippen LogP contribution is -2.55. The zero-order valence-corrected chi connectivity index (χ0v) is 15.8. The lowest BCUT2D eigenvalue weighted by atomic mass is 9.77. The van der Waals surface area contributed by atoms with Gasteiger partial charge in [-0.15, -0.1) is 12.4 Å². The first kappa shape index (κ1) is 21.2. The van der Waals surface area contributed by atoms with E-state index in [2.05, 4.69) is 10.6 Å². The fraction of sp³-hybridized carbons (Fsp3) is 0.882. The van der Waals surface area contributed by atoms with Crippen LogP contribution < -0.4 is 10.6 Å². The predicted molar refractivity (Wildman–Crippen MR) is 96.3 cm³/mol. The van der Waals surface area contributed by atoms with Crippen molar-refractivity contribution >= 4 is 24.2 Å². The Kier molecular flexibility index (Phi) is 9.02. The van der Waals surface area contributed by atoms with Gasteiger partial charge in [-0.2, -0.15) is 0 Å². The maximum absolute atomic E-state index is 13.1. The van der Waals surface area contributed by atoms with Gasteiger partial charge in [-0.1, -0.05) is 6.92 Å². The molecule has 2 aliphatic rings. The van der Waals surface area contributed by atoms with Gasteiger partial charge in [0.2, 0.25) is 11.8 Å². The van der Waals surface area contributed by atoms with Crippen molar-refractivity contribution < 1.29 is 14.3 Å². The molecule has 0 spiro atoms. The second-order valence-corrected chi connectivity index (χ2v) is 6.84. The Hall–Kier alpha value is -0.850. The largest absolute Gasteiger partial charge is 0.384 e. The Morgan fingerprint density at radius 3 is 2.67 bits per heavy atom. The molecule has 0 aromatic rings. The number of hydrogen-bond donors (Lipinski definition) is 2. The van der Waals surface area contributed by atoms with Gasteiger partial charge < -0.3 is 20.3 Å². The van der Waals surface area contributed by atoms with E-state index in [1.54, 1.807) is 7.11 Å².